The van der Waals surface area contributed by atoms with E-state index in [1.165, 1.54) is 4.90 Å². The molecule has 1 unspecified atom stereocenters. The van der Waals surface area contributed by atoms with E-state index in [1.807, 2.05) is 30.3 Å². The van der Waals surface area contributed by atoms with Gasteiger partial charge in [0.2, 0.25) is 0 Å². The van der Waals surface area contributed by atoms with Gasteiger partial charge < -0.3 is 15.3 Å². The molecule has 0 aliphatic carbocycles. The van der Waals surface area contributed by atoms with Crippen molar-refractivity contribution < 1.29 is 14.7 Å². The first-order chi connectivity index (χ1) is 10.5. The largest absolute Gasteiger partial charge is 0.481 e. The molecule has 0 aliphatic heterocycles. The predicted molar refractivity (Wildman–Crippen MR) is 86.7 cm³/mol. The van der Waals surface area contributed by atoms with Gasteiger partial charge in [-0.25, -0.2) is 4.79 Å². The van der Waals surface area contributed by atoms with Crippen LogP contribution in [0.5, 0.6) is 0 Å². The van der Waals surface area contributed by atoms with E-state index in [-0.39, 0.29) is 25.0 Å². The van der Waals surface area contributed by atoms with Gasteiger partial charge in [0.1, 0.15) is 0 Å². The highest BCUT2D eigenvalue weighted by atomic mass is 16.4. The van der Waals surface area contributed by atoms with Crippen LogP contribution in [0, 0.1) is 5.92 Å². The van der Waals surface area contributed by atoms with Crippen molar-refractivity contribution in [2.24, 2.45) is 5.92 Å². The van der Waals surface area contributed by atoms with Crippen molar-refractivity contribution in [3.8, 4) is 0 Å². The van der Waals surface area contributed by atoms with Crippen molar-refractivity contribution in [1.29, 1.82) is 0 Å². The average Bonchev–Trinajstić information content (AvgIpc) is 2.53. The quantitative estimate of drug-likeness (QED) is 0.774. The first-order valence-electron chi connectivity index (χ1n) is 7.77. The Balaban J connectivity index is 2.80. The first-order valence-corrected chi connectivity index (χ1v) is 7.77. The number of carboxylic acid groups (broad SMARTS) is 1. The lowest BCUT2D eigenvalue weighted by Gasteiger charge is -2.29. The number of amides is 2. The number of rotatable bonds is 8. The monoisotopic (exact) mass is 306 g/mol. The number of carbonyl (C=O) groups is 2. The summed E-state index contributed by atoms with van der Waals surface area (Å²) in [6, 6.07) is 9.61. The number of carboxylic acids is 1. The molecule has 0 fully saturated rings. The molecule has 1 aromatic rings. The topological polar surface area (TPSA) is 69.6 Å². The highest BCUT2D eigenvalue weighted by molar-refractivity contribution is 5.75. The van der Waals surface area contributed by atoms with Gasteiger partial charge in [-0.1, -0.05) is 57.0 Å². The number of benzene rings is 1. The molecular weight excluding hydrogens is 280 g/mol. The lowest BCUT2D eigenvalue weighted by molar-refractivity contribution is -0.137. The molecule has 0 aromatic heterocycles. The zero-order valence-electron chi connectivity index (χ0n) is 13.6. The zero-order chi connectivity index (χ0) is 16.5. The third kappa shape index (κ3) is 5.39. The van der Waals surface area contributed by atoms with Gasteiger partial charge in [0, 0.05) is 13.6 Å². The molecule has 0 saturated carbocycles. The van der Waals surface area contributed by atoms with Crippen molar-refractivity contribution in [1.82, 2.24) is 10.2 Å². The molecule has 0 radical (unpaired) electrons. The van der Waals surface area contributed by atoms with Crippen LogP contribution in [0.25, 0.3) is 0 Å². The lowest BCUT2D eigenvalue weighted by atomic mass is 9.89. The first kappa shape index (κ1) is 18.0. The molecule has 1 aromatic carbocycles. The summed E-state index contributed by atoms with van der Waals surface area (Å²) >= 11 is 0. The van der Waals surface area contributed by atoms with Crippen LogP contribution in [-0.2, 0) is 4.79 Å². The van der Waals surface area contributed by atoms with E-state index in [0.29, 0.717) is 5.92 Å². The number of hydrogen-bond acceptors (Lipinski definition) is 2. The van der Waals surface area contributed by atoms with Crippen LogP contribution in [0.2, 0.25) is 0 Å². The van der Waals surface area contributed by atoms with Gasteiger partial charge in [0.15, 0.2) is 0 Å². The van der Waals surface area contributed by atoms with Crippen LogP contribution >= 0.6 is 0 Å². The smallest absolute Gasteiger partial charge is 0.317 e. The van der Waals surface area contributed by atoms with Crippen molar-refractivity contribution in [2.75, 3.05) is 13.6 Å². The van der Waals surface area contributed by atoms with Crippen molar-refractivity contribution in [3.05, 3.63) is 35.9 Å². The van der Waals surface area contributed by atoms with E-state index < -0.39 is 5.97 Å². The van der Waals surface area contributed by atoms with Crippen LogP contribution in [0.3, 0.4) is 0 Å². The van der Waals surface area contributed by atoms with E-state index in [9.17, 15) is 9.59 Å². The lowest BCUT2D eigenvalue weighted by Crippen LogP contribution is -2.42. The second kappa shape index (κ2) is 9.07. The Morgan fingerprint density at radius 1 is 1.18 bits per heavy atom. The third-order valence-corrected chi connectivity index (χ3v) is 3.97. The van der Waals surface area contributed by atoms with E-state index in [2.05, 4.69) is 19.2 Å². The maximum Gasteiger partial charge on any atom is 0.317 e. The van der Waals surface area contributed by atoms with Crippen LogP contribution < -0.4 is 5.32 Å². The SMILES string of the molecule is CCC(CC)C(NC(=O)N(C)CCC(=O)O)c1ccccc1. The highest BCUT2D eigenvalue weighted by Crippen LogP contribution is 2.27. The van der Waals surface area contributed by atoms with Crippen molar-refractivity contribution in [3.63, 3.8) is 0 Å². The second-order valence-electron chi connectivity index (χ2n) is 5.48. The highest BCUT2D eigenvalue weighted by Gasteiger charge is 2.23. The maximum absolute atomic E-state index is 12.3. The molecule has 0 bridgehead atoms. The molecule has 1 rings (SSSR count). The summed E-state index contributed by atoms with van der Waals surface area (Å²) in [4.78, 5) is 24.3. The molecule has 0 aliphatic rings. The molecule has 0 saturated heterocycles. The summed E-state index contributed by atoms with van der Waals surface area (Å²) in [6.45, 7) is 4.43. The average molecular weight is 306 g/mol. The number of urea groups is 1. The molecule has 0 spiro atoms. The van der Waals surface area contributed by atoms with Gasteiger partial charge in [-0.2, -0.15) is 0 Å². The third-order valence-electron chi connectivity index (χ3n) is 3.97. The Hall–Kier alpha value is -2.04. The van der Waals surface area contributed by atoms with E-state index in [0.717, 1.165) is 18.4 Å². The van der Waals surface area contributed by atoms with Gasteiger partial charge in [0.25, 0.3) is 0 Å². The molecule has 2 N–H and O–H groups in total. The molecule has 122 valence electrons. The summed E-state index contributed by atoms with van der Waals surface area (Å²) in [5.41, 5.74) is 1.08. The Bertz CT molecular complexity index is 472. The zero-order valence-corrected chi connectivity index (χ0v) is 13.6. The van der Waals surface area contributed by atoms with Crippen LogP contribution in [0.1, 0.15) is 44.7 Å². The summed E-state index contributed by atoms with van der Waals surface area (Å²) < 4.78 is 0. The number of nitrogens with one attached hydrogen (secondary N) is 1. The number of nitrogens with zero attached hydrogens (tertiary/aromatic N) is 1. The Kier molecular flexibility index (Phi) is 7.43. The van der Waals surface area contributed by atoms with Gasteiger partial charge in [-0.3, -0.25) is 4.79 Å². The van der Waals surface area contributed by atoms with Crippen LogP contribution in [-0.4, -0.2) is 35.6 Å². The molecule has 2 amide bonds. The van der Waals surface area contributed by atoms with Gasteiger partial charge in [-0.05, 0) is 11.5 Å². The fraction of sp³-hybridized carbons (Fsp3) is 0.529. The van der Waals surface area contributed by atoms with Crippen LogP contribution in [0.15, 0.2) is 30.3 Å². The molecule has 1 atom stereocenters. The van der Waals surface area contributed by atoms with E-state index in [1.54, 1.807) is 7.05 Å². The predicted octanol–water partition coefficient (Wildman–Crippen LogP) is 3.28. The maximum atomic E-state index is 12.3. The standard InChI is InChI=1S/C17H26N2O3/c1-4-13(5-2)16(14-9-7-6-8-10-14)18-17(22)19(3)12-11-15(20)21/h6-10,13,16H,4-5,11-12H2,1-3H3,(H,18,22)(H,20,21). The molecule has 5 nitrogen and oxygen atoms in total. The number of carbonyl (C=O) groups excluding carboxylic acids is 1. The molecular formula is C17H26N2O3. The minimum atomic E-state index is -0.903. The molecule has 0 heterocycles. The number of hydrogen-bond donors (Lipinski definition) is 2. The summed E-state index contributed by atoms with van der Waals surface area (Å²) in [6.07, 6.45) is 1.88. The number of aliphatic carboxylic acids is 1. The molecule has 22 heavy (non-hydrogen) atoms. The van der Waals surface area contributed by atoms with Crippen molar-refractivity contribution >= 4 is 12.0 Å². The fourth-order valence-corrected chi connectivity index (χ4v) is 2.50. The van der Waals surface area contributed by atoms with Crippen LogP contribution in [0.4, 0.5) is 4.79 Å². The van der Waals surface area contributed by atoms with Crippen molar-refractivity contribution in [2.45, 2.75) is 39.2 Å². The van der Waals surface area contributed by atoms with E-state index in [4.69, 9.17) is 5.11 Å². The summed E-state index contributed by atoms with van der Waals surface area (Å²) in [7, 11) is 1.62. The summed E-state index contributed by atoms with van der Waals surface area (Å²) in [5, 5.41) is 11.8. The fourth-order valence-electron chi connectivity index (χ4n) is 2.50. The second-order valence-corrected chi connectivity index (χ2v) is 5.48. The van der Waals surface area contributed by atoms with Gasteiger partial charge in [0.05, 0.1) is 12.5 Å². The Morgan fingerprint density at radius 3 is 2.27 bits per heavy atom. The normalized spacial score (nSPS) is 12.0. The molecule has 5 heteroatoms. The van der Waals surface area contributed by atoms with Gasteiger partial charge in [-0.15, -0.1) is 0 Å². The van der Waals surface area contributed by atoms with E-state index >= 15 is 0 Å². The minimum absolute atomic E-state index is 0.0507. The Labute approximate surface area is 132 Å². The Morgan fingerprint density at radius 2 is 1.77 bits per heavy atom. The van der Waals surface area contributed by atoms with Gasteiger partial charge >= 0.3 is 12.0 Å². The minimum Gasteiger partial charge on any atom is -0.481 e. The summed E-state index contributed by atoms with van der Waals surface area (Å²) in [5.74, 6) is -0.557.